The van der Waals surface area contributed by atoms with Gasteiger partial charge in [0.1, 0.15) is 23.1 Å². The van der Waals surface area contributed by atoms with Gasteiger partial charge >= 0.3 is 10.2 Å². The van der Waals surface area contributed by atoms with Gasteiger partial charge in [0.05, 0.1) is 11.6 Å². The van der Waals surface area contributed by atoms with Gasteiger partial charge in [-0.15, -0.1) is 0 Å². The number of rotatable bonds is 10. The number of anilines is 3. The van der Waals surface area contributed by atoms with E-state index < -0.39 is 23.2 Å². The molecule has 0 atom stereocenters. The molecule has 0 amide bonds. The molecule has 0 spiro atoms. The fourth-order valence-corrected chi connectivity index (χ4v) is 4.96. The minimum atomic E-state index is -9.85. The molecule has 36 heavy (non-hydrogen) atoms. The van der Waals surface area contributed by atoms with Gasteiger partial charge < -0.3 is 15.4 Å². The Kier molecular flexibility index (Phi) is 7.16. The predicted molar refractivity (Wildman–Crippen MR) is 136 cm³/mol. The minimum absolute atomic E-state index is 0.0339. The lowest BCUT2D eigenvalue weighted by Crippen LogP contribution is -2.22. The van der Waals surface area contributed by atoms with Crippen LogP contribution in [-0.4, -0.2) is 34.4 Å². The summed E-state index contributed by atoms with van der Waals surface area (Å²) in [5.74, 6) is 0.147. The second-order valence-electron chi connectivity index (χ2n) is 9.59. The van der Waals surface area contributed by atoms with Gasteiger partial charge in [0, 0.05) is 32.8 Å². The number of nitrogen functional groups attached to an aromatic ring is 1. The molecular weight excluding hydrogens is 543 g/mol. The van der Waals surface area contributed by atoms with Crippen LogP contribution >= 0.6 is 21.8 Å². The largest absolute Gasteiger partial charge is 0.368 e. The molecule has 15 heteroatoms. The monoisotopic (exact) mass is 570 g/mol. The van der Waals surface area contributed by atoms with E-state index in [1.54, 1.807) is 6.20 Å². The second-order valence-corrected chi connectivity index (χ2v) is 18.0. The fourth-order valence-electron chi connectivity index (χ4n) is 3.27. The van der Waals surface area contributed by atoms with E-state index in [-0.39, 0.29) is 41.3 Å². The van der Waals surface area contributed by atoms with E-state index in [1.165, 1.54) is 28.8 Å². The molecule has 0 unspecified atom stereocenters. The van der Waals surface area contributed by atoms with Gasteiger partial charge in [0.15, 0.2) is 0 Å². The molecule has 7 nitrogen and oxygen atoms in total. The maximum atomic E-state index is 13.3. The Morgan fingerprint density at radius 1 is 1.14 bits per heavy atom. The topological polar surface area (TPSA) is 82.1 Å². The average molecular weight is 571 g/mol. The lowest BCUT2D eigenvalue weighted by Gasteiger charge is -2.41. The molecule has 0 bridgehead atoms. The van der Waals surface area contributed by atoms with Crippen LogP contribution in [0.4, 0.5) is 36.9 Å². The number of ether oxygens (including phenoxy) is 1. The Morgan fingerprint density at radius 3 is 2.42 bits per heavy atom. The molecule has 200 valence electrons. The van der Waals surface area contributed by atoms with Crippen LogP contribution in [0, 0.1) is 6.92 Å². The second kappa shape index (κ2) is 9.15. The van der Waals surface area contributed by atoms with Gasteiger partial charge in [-0.1, -0.05) is 50.7 Å². The van der Waals surface area contributed by atoms with Crippen molar-refractivity contribution in [2.45, 2.75) is 50.8 Å². The van der Waals surface area contributed by atoms with Gasteiger partial charge in [-0.05, 0) is 42.8 Å². The van der Waals surface area contributed by atoms with Crippen LogP contribution in [0.15, 0.2) is 41.6 Å². The molecule has 2 aromatic heterocycles. The van der Waals surface area contributed by atoms with Gasteiger partial charge in [-0.2, -0.15) is 10.1 Å². The number of aryl methyl sites for hydroxylation is 1. The van der Waals surface area contributed by atoms with Crippen molar-refractivity contribution in [1.29, 1.82) is 0 Å². The predicted octanol–water partition coefficient (Wildman–Crippen LogP) is 7.53. The number of halogens is 6. The minimum Gasteiger partial charge on any atom is -0.368 e. The summed E-state index contributed by atoms with van der Waals surface area (Å²) in [5, 5.41) is 4.72. The standard InChI is InChI=1S/C21H28ClF5N6OSSi/c1-15-11-16(35(23,24,25,26)27)5-6-19(15)33(20-7-8-29-21(28)30-20)13-18-17(22)12-32(31-18)14-34-9-10-36(2,3)4/h5-8,11-12H,9-10,13-14H2,1-4H3,(H2,28,29,30). The van der Waals surface area contributed by atoms with Crippen molar-refractivity contribution >= 4 is 47.4 Å². The number of hydrogen-bond acceptors (Lipinski definition) is 6. The summed E-state index contributed by atoms with van der Waals surface area (Å²) in [6.07, 6.45) is 2.94. The lowest BCUT2D eigenvalue weighted by atomic mass is 10.1. The summed E-state index contributed by atoms with van der Waals surface area (Å²) in [5.41, 5.74) is 6.21. The smallest absolute Gasteiger partial charge is 0.310 e. The molecule has 3 aromatic rings. The van der Waals surface area contributed by atoms with Crippen molar-refractivity contribution in [2.75, 3.05) is 17.2 Å². The third-order valence-corrected chi connectivity index (χ3v) is 8.32. The van der Waals surface area contributed by atoms with Crippen LogP contribution in [0.5, 0.6) is 0 Å². The first-order valence-corrected chi connectivity index (χ1v) is 16.9. The highest BCUT2D eigenvalue weighted by atomic mass is 35.5. The van der Waals surface area contributed by atoms with E-state index in [0.29, 0.717) is 24.4 Å². The van der Waals surface area contributed by atoms with E-state index >= 15 is 0 Å². The summed E-state index contributed by atoms with van der Waals surface area (Å²) < 4.78 is 73.9. The molecule has 0 fully saturated rings. The molecule has 0 saturated heterocycles. The third kappa shape index (κ3) is 7.54. The molecule has 2 N–H and O–H groups in total. The molecule has 0 aliphatic carbocycles. The van der Waals surface area contributed by atoms with E-state index in [9.17, 15) is 19.4 Å². The zero-order valence-corrected chi connectivity index (χ0v) is 22.8. The van der Waals surface area contributed by atoms with Crippen molar-refractivity contribution in [3.05, 3.63) is 52.9 Å². The zero-order chi connectivity index (χ0) is 27.0. The van der Waals surface area contributed by atoms with Crippen LogP contribution < -0.4 is 10.6 Å². The first-order valence-electron chi connectivity index (χ1n) is 10.8. The normalized spacial score (nSPS) is 14.4. The first-order chi connectivity index (χ1) is 16.3. The van der Waals surface area contributed by atoms with Gasteiger partial charge in [-0.25, -0.2) is 9.67 Å². The maximum Gasteiger partial charge on any atom is 0.310 e. The maximum absolute atomic E-state index is 13.3. The highest BCUT2D eigenvalue weighted by Crippen LogP contribution is 3.02. The lowest BCUT2D eigenvalue weighted by molar-refractivity contribution is 0.0783. The molecule has 1 aromatic carbocycles. The SMILES string of the molecule is Cc1cc(S(F)(F)(F)(F)F)ccc1N(Cc1nn(COCC[Si](C)(C)C)cc1Cl)c1ccnc(N)n1. The highest BCUT2D eigenvalue weighted by Gasteiger charge is 2.65. The van der Waals surface area contributed by atoms with Gasteiger partial charge in [0.25, 0.3) is 0 Å². The van der Waals surface area contributed by atoms with Crippen molar-refractivity contribution < 1.29 is 24.2 Å². The Morgan fingerprint density at radius 2 is 1.83 bits per heavy atom. The molecule has 0 saturated carbocycles. The van der Waals surface area contributed by atoms with Crippen molar-refractivity contribution in [3.63, 3.8) is 0 Å². The Hall–Kier alpha value is -2.42. The van der Waals surface area contributed by atoms with Crippen LogP contribution in [0.1, 0.15) is 11.3 Å². The van der Waals surface area contributed by atoms with Crippen LogP contribution in [0.3, 0.4) is 0 Å². The first kappa shape index (κ1) is 28.2. The quantitative estimate of drug-likeness (QED) is 0.154. The number of hydrogen-bond donors (Lipinski definition) is 1. The number of benzene rings is 1. The number of aromatic nitrogens is 4. The highest BCUT2D eigenvalue weighted by molar-refractivity contribution is 8.45. The van der Waals surface area contributed by atoms with E-state index in [0.717, 1.165) is 12.1 Å². The molecular formula is C21H28ClF5N6OSSi. The van der Waals surface area contributed by atoms with Crippen LogP contribution in [-0.2, 0) is 18.0 Å². The van der Waals surface area contributed by atoms with Gasteiger partial charge in [-0.3, -0.25) is 0 Å². The summed E-state index contributed by atoms with van der Waals surface area (Å²) in [7, 11) is -11.1. The zero-order valence-electron chi connectivity index (χ0n) is 20.2. The van der Waals surface area contributed by atoms with E-state index in [2.05, 4.69) is 34.7 Å². The van der Waals surface area contributed by atoms with Crippen LogP contribution in [0.2, 0.25) is 30.7 Å². The Bertz CT molecular complexity index is 1250. The molecule has 2 heterocycles. The average Bonchev–Trinajstić information content (AvgIpc) is 3.06. The summed E-state index contributed by atoms with van der Waals surface area (Å²) in [4.78, 5) is 7.47. The Balaban J connectivity index is 1.93. The fraction of sp³-hybridized carbons (Fsp3) is 0.381. The van der Waals surface area contributed by atoms with Crippen molar-refractivity contribution in [1.82, 2.24) is 19.7 Å². The molecule has 0 radical (unpaired) electrons. The summed E-state index contributed by atoms with van der Waals surface area (Å²) in [6, 6.07) is 4.20. The van der Waals surface area contributed by atoms with Gasteiger partial charge in [0.2, 0.25) is 5.95 Å². The van der Waals surface area contributed by atoms with Crippen molar-refractivity contribution in [2.24, 2.45) is 0 Å². The summed E-state index contributed by atoms with van der Waals surface area (Å²) in [6.45, 7) is 8.72. The molecule has 0 aliphatic heterocycles. The third-order valence-electron chi connectivity index (χ3n) is 5.16. The molecule has 0 aliphatic rings. The number of nitrogens with two attached hydrogens (primary N) is 1. The van der Waals surface area contributed by atoms with E-state index in [1.807, 2.05) is 0 Å². The number of nitrogens with zero attached hydrogens (tertiary/aromatic N) is 5. The summed E-state index contributed by atoms with van der Waals surface area (Å²) >= 11 is 6.38. The molecule has 3 rings (SSSR count). The van der Waals surface area contributed by atoms with E-state index in [4.69, 9.17) is 22.1 Å². The Labute approximate surface area is 212 Å². The van der Waals surface area contributed by atoms with Crippen molar-refractivity contribution in [3.8, 4) is 0 Å². The van der Waals surface area contributed by atoms with Crippen LogP contribution in [0.25, 0.3) is 0 Å².